The van der Waals surface area contributed by atoms with E-state index in [9.17, 15) is 9.90 Å². The maximum Gasteiger partial charge on any atom is 0.339 e. The Balaban J connectivity index is 3.26. The molecule has 0 aliphatic carbocycles. The summed E-state index contributed by atoms with van der Waals surface area (Å²) in [7, 11) is 0. The van der Waals surface area contributed by atoms with E-state index in [0.717, 1.165) is 0 Å². The maximum atomic E-state index is 11.4. The third-order valence-corrected chi connectivity index (χ3v) is 2.53. The molecule has 1 aromatic carbocycles. The van der Waals surface area contributed by atoms with Crippen LogP contribution in [0.4, 0.5) is 0 Å². The zero-order chi connectivity index (χ0) is 11.4. The van der Waals surface area contributed by atoms with Gasteiger partial charge in [-0.1, -0.05) is 0 Å². The lowest BCUT2D eigenvalue weighted by molar-refractivity contribution is 0.0526. The van der Waals surface area contributed by atoms with Crippen molar-refractivity contribution in [3.05, 3.63) is 27.7 Å². The van der Waals surface area contributed by atoms with E-state index in [4.69, 9.17) is 10.00 Å². The molecule has 5 heteroatoms. The number of nitriles is 1. The van der Waals surface area contributed by atoms with Gasteiger partial charge in [-0.25, -0.2) is 4.79 Å². The van der Waals surface area contributed by atoms with Crippen LogP contribution in [0, 0.1) is 11.3 Å². The Morgan fingerprint density at radius 3 is 2.87 bits per heavy atom. The summed E-state index contributed by atoms with van der Waals surface area (Å²) in [6, 6.07) is 4.52. The lowest BCUT2D eigenvalue weighted by Gasteiger charge is -2.06. The number of nitrogens with zero attached hydrogens (tertiary/aromatic N) is 1. The fourth-order valence-corrected chi connectivity index (χ4v) is 1.49. The van der Waals surface area contributed by atoms with Gasteiger partial charge in [0, 0.05) is 0 Å². The summed E-state index contributed by atoms with van der Waals surface area (Å²) >= 11 is 3.03. The number of esters is 1. The molecule has 0 aromatic heterocycles. The molecule has 0 aliphatic heterocycles. The van der Waals surface area contributed by atoms with Crippen molar-refractivity contribution in [3.63, 3.8) is 0 Å². The summed E-state index contributed by atoms with van der Waals surface area (Å²) in [5.41, 5.74) is 0.220. The molecule has 0 heterocycles. The summed E-state index contributed by atoms with van der Waals surface area (Å²) in [6.45, 7) is 1.92. The normalized spacial score (nSPS) is 9.40. The Labute approximate surface area is 95.2 Å². The molecule has 1 aromatic rings. The van der Waals surface area contributed by atoms with E-state index in [1.165, 1.54) is 12.1 Å². The zero-order valence-corrected chi connectivity index (χ0v) is 9.54. The summed E-state index contributed by atoms with van der Waals surface area (Å²) in [5.74, 6) is -0.658. The largest absolute Gasteiger partial charge is 0.507 e. The molecule has 0 amide bonds. The van der Waals surface area contributed by atoms with Crippen LogP contribution in [0.1, 0.15) is 22.8 Å². The number of hydrogen-bond donors (Lipinski definition) is 1. The van der Waals surface area contributed by atoms with Gasteiger partial charge < -0.3 is 9.84 Å². The third-order valence-electron chi connectivity index (χ3n) is 1.73. The lowest BCUT2D eigenvalue weighted by atomic mass is 10.1. The van der Waals surface area contributed by atoms with Gasteiger partial charge in [0.15, 0.2) is 0 Å². The minimum atomic E-state index is -0.574. The first-order valence-electron chi connectivity index (χ1n) is 4.20. The minimum absolute atomic E-state index is 0.0773. The molecular weight excluding hydrogens is 262 g/mol. The van der Waals surface area contributed by atoms with E-state index in [1.54, 1.807) is 6.92 Å². The van der Waals surface area contributed by atoms with Crippen molar-refractivity contribution in [3.8, 4) is 11.8 Å². The van der Waals surface area contributed by atoms with Crippen molar-refractivity contribution in [2.75, 3.05) is 6.61 Å². The van der Waals surface area contributed by atoms with Crippen LogP contribution >= 0.6 is 15.9 Å². The fourth-order valence-electron chi connectivity index (χ4n) is 1.05. The van der Waals surface area contributed by atoms with Crippen LogP contribution in [0.25, 0.3) is 0 Å². The van der Waals surface area contributed by atoms with Gasteiger partial charge in [-0.05, 0) is 35.0 Å². The van der Waals surface area contributed by atoms with Crippen LogP contribution in [0.15, 0.2) is 16.6 Å². The van der Waals surface area contributed by atoms with E-state index >= 15 is 0 Å². The van der Waals surface area contributed by atoms with E-state index in [2.05, 4.69) is 15.9 Å². The van der Waals surface area contributed by atoms with Crippen molar-refractivity contribution in [2.45, 2.75) is 6.92 Å². The number of carbonyl (C=O) groups is 1. The molecule has 78 valence electrons. The van der Waals surface area contributed by atoms with Crippen LogP contribution < -0.4 is 0 Å². The Morgan fingerprint density at radius 1 is 1.67 bits per heavy atom. The molecule has 0 saturated heterocycles. The molecular formula is C10H8BrNO3. The second-order valence-corrected chi connectivity index (χ2v) is 3.45. The lowest BCUT2D eigenvalue weighted by Crippen LogP contribution is -2.07. The number of ether oxygens (including phenoxy) is 1. The van der Waals surface area contributed by atoms with Crippen molar-refractivity contribution in [2.24, 2.45) is 0 Å². The number of benzene rings is 1. The Kier molecular flexibility index (Phi) is 3.69. The number of aromatic hydroxyl groups is 1. The molecule has 0 unspecified atom stereocenters. The van der Waals surface area contributed by atoms with Gasteiger partial charge >= 0.3 is 5.97 Å². The van der Waals surface area contributed by atoms with E-state index in [0.29, 0.717) is 0 Å². The summed E-state index contributed by atoms with van der Waals surface area (Å²) in [6.07, 6.45) is 0. The highest BCUT2D eigenvalue weighted by Crippen LogP contribution is 2.29. The van der Waals surface area contributed by atoms with E-state index in [1.807, 2.05) is 6.07 Å². The van der Waals surface area contributed by atoms with Gasteiger partial charge in [0.1, 0.15) is 11.8 Å². The van der Waals surface area contributed by atoms with Gasteiger partial charge in [0.2, 0.25) is 0 Å². The SMILES string of the molecule is CCOC(=O)c1ccc(O)c(Br)c1C#N. The Morgan fingerprint density at radius 2 is 2.33 bits per heavy atom. The summed E-state index contributed by atoms with van der Waals surface area (Å²) in [5, 5.41) is 18.2. The molecule has 0 bridgehead atoms. The monoisotopic (exact) mass is 269 g/mol. The first kappa shape index (κ1) is 11.5. The standard InChI is InChI=1S/C10H8BrNO3/c1-2-15-10(14)6-3-4-8(13)9(11)7(6)5-12/h3-4,13H,2H2,1H3. The average molecular weight is 270 g/mol. The smallest absolute Gasteiger partial charge is 0.339 e. The molecule has 1 N–H and O–H groups in total. The first-order valence-corrected chi connectivity index (χ1v) is 4.99. The fraction of sp³-hybridized carbons (Fsp3) is 0.200. The van der Waals surface area contributed by atoms with Crippen LogP contribution in [0.5, 0.6) is 5.75 Å². The topological polar surface area (TPSA) is 70.3 Å². The highest BCUT2D eigenvalue weighted by atomic mass is 79.9. The van der Waals surface area contributed by atoms with Crippen LogP contribution in [-0.4, -0.2) is 17.7 Å². The van der Waals surface area contributed by atoms with Crippen molar-refractivity contribution < 1.29 is 14.6 Å². The molecule has 0 fully saturated rings. The highest BCUT2D eigenvalue weighted by Gasteiger charge is 2.17. The van der Waals surface area contributed by atoms with Crippen LogP contribution in [-0.2, 0) is 4.74 Å². The predicted octanol–water partition coefficient (Wildman–Crippen LogP) is 2.20. The van der Waals surface area contributed by atoms with Crippen molar-refractivity contribution >= 4 is 21.9 Å². The second-order valence-electron chi connectivity index (χ2n) is 2.65. The van der Waals surface area contributed by atoms with Gasteiger partial charge in [0.25, 0.3) is 0 Å². The summed E-state index contributed by atoms with van der Waals surface area (Å²) in [4.78, 5) is 11.4. The minimum Gasteiger partial charge on any atom is -0.507 e. The molecule has 1 rings (SSSR count). The van der Waals surface area contributed by atoms with Gasteiger partial charge in [-0.3, -0.25) is 0 Å². The number of hydrogen-bond acceptors (Lipinski definition) is 4. The van der Waals surface area contributed by atoms with Crippen molar-refractivity contribution in [1.82, 2.24) is 0 Å². The number of halogens is 1. The molecule has 0 spiro atoms. The molecule has 0 atom stereocenters. The first-order chi connectivity index (χ1) is 7.11. The number of carbonyl (C=O) groups excluding carboxylic acids is 1. The third kappa shape index (κ3) is 2.28. The number of rotatable bonds is 2. The molecule has 15 heavy (non-hydrogen) atoms. The highest BCUT2D eigenvalue weighted by molar-refractivity contribution is 9.10. The predicted molar refractivity (Wildman–Crippen MR) is 56.5 cm³/mol. The molecule has 4 nitrogen and oxygen atoms in total. The maximum absolute atomic E-state index is 11.4. The molecule has 0 aliphatic rings. The van der Waals surface area contributed by atoms with E-state index < -0.39 is 5.97 Å². The summed E-state index contributed by atoms with van der Waals surface area (Å²) < 4.78 is 4.98. The molecule has 0 saturated carbocycles. The van der Waals surface area contributed by atoms with Crippen LogP contribution in [0.2, 0.25) is 0 Å². The number of phenols is 1. The van der Waals surface area contributed by atoms with Crippen molar-refractivity contribution in [1.29, 1.82) is 5.26 Å². The van der Waals surface area contributed by atoms with Gasteiger partial charge in [-0.2, -0.15) is 5.26 Å². The Hall–Kier alpha value is -1.54. The molecule has 0 radical (unpaired) electrons. The number of phenolic OH excluding ortho intramolecular Hbond substituents is 1. The van der Waals surface area contributed by atoms with E-state index in [-0.39, 0.29) is 28.0 Å². The zero-order valence-electron chi connectivity index (χ0n) is 7.95. The van der Waals surface area contributed by atoms with Gasteiger partial charge in [-0.15, -0.1) is 0 Å². The Bertz CT molecular complexity index is 437. The second kappa shape index (κ2) is 4.80. The van der Waals surface area contributed by atoms with Crippen LogP contribution in [0.3, 0.4) is 0 Å². The average Bonchev–Trinajstić information content (AvgIpc) is 2.22. The quantitative estimate of drug-likeness (QED) is 0.836. The van der Waals surface area contributed by atoms with Gasteiger partial charge in [0.05, 0.1) is 22.2 Å².